The predicted molar refractivity (Wildman–Crippen MR) is 131 cm³/mol. The van der Waals surface area contributed by atoms with Crippen molar-refractivity contribution in [3.05, 3.63) is 82.4 Å². The number of anilines is 2. The number of hydrogen-bond acceptors (Lipinski definition) is 4. The quantitative estimate of drug-likeness (QED) is 0.360. The molecule has 3 rings (SSSR count). The first kappa shape index (κ1) is 24.5. The number of carbonyl (C=O) groups is 3. The Morgan fingerprint density at radius 1 is 0.824 bits per heavy atom. The molecule has 34 heavy (non-hydrogen) atoms. The SMILES string of the molecule is Cc1cc(C)c(NC(=O)Nc2cc(-c3ccc(CO)cc3)ccc2C(=O)NCC(=O)O)c(C)c1. The summed E-state index contributed by atoms with van der Waals surface area (Å²) >= 11 is 0. The number of hydrogen-bond donors (Lipinski definition) is 5. The third-order valence-corrected chi connectivity index (χ3v) is 5.30. The van der Waals surface area contributed by atoms with Crippen LogP contribution in [0.5, 0.6) is 0 Å². The van der Waals surface area contributed by atoms with Crippen LogP contribution in [0.1, 0.15) is 32.6 Å². The number of amides is 3. The lowest BCUT2D eigenvalue weighted by Crippen LogP contribution is -2.30. The molecule has 8 heteroatoms. The fourth-order valence-corrected chi connectivity index (χ4v) is 3.72. The van der Waals surface area contributed by atoms with Crippen LogP contribution in [-0.4, -0.2) is 34.7 Å². The molecule has 0 unspecified atom stereocenters. The van der Waals surface area contributed by atoms with E-state index in [0.717, 1.165) is 33.4 Å². The second-order valence-corrected chi connectivity index (χ2v) is 8.04. The largest absolute Gasteiger partial charge is 0.480 e. The molecule has 0 saturated heterocycles. The van der Waals surface area contributed by atoms with E-state index in [-0.39, 0.29) is 17.9 Å². The fraction of sp³-hybridized carbons (Fsp3) is 0.192. The molecule has 0 fully saturated rings. The summed E-state index contributed by atoms with van der Waals surface area (Å²) in [6.07, 6.45) is 0. The number of aliphatic carboxylic acids is 1. The van der Waals surface area contributed by atoms with Gasteiger partial charge in [0.2, 0.25) is 0 Å². The summed E-state index contributed by atoms with van der Waals surface area (Å²) in [5.41, 5.74) is 6.25. The zero-order chi connectivity index (χ0) is 24.8. The molecule has 0 spiro atoms. The van der Waals surface area contributed by atoms with Gasteiger partial charge in [0.05, 0.1) is 17.9 Å². The second kappa shape index (κ2) is 10.6. The zero-order valence-corrected chi connectivity index (χ0v) is 19.2. The molecule has 0 aliphatic carbocycles. The van der Waals surface area contributed by atoms with Crippen molar-refractivity contribution in [1.82, 2.24) is 5.32 Å². The van der Waals surface area contributed by atoms with Crippen molar-refractivity contribution >= 4 is 29.3 Å². The maximum absolute atomic E-state index is 12.9. The van der Waals surface area contributed by atoms with Crippen LogP contribution in [0.25, 0.3) is 11.1 Å². The zero-order valence-electron chi connectivity index (χ0n) is 19.2. The highest BCUT2D eigenvalue weighted by atomic mass is 16.4. The molecule has 5 N–H and O–H groups in total. The van der Waals surface area contributed by atoms with Gasteiger partial charge in [0, 0.05) is 5.69 Å². The van der Waals surface area contributed by atoms with Crippen molar-refractivity contribution in [2.45, 2.75) is 27.4 Å². The summed E-state index contributed by atoms with van der Waals surface area (Å²) in [5, 5.41) is 26.0. The number of benzene rings is 3. The van der Waals surface area contributed by atoms with Crippen LogP contribution in [0.4, 0.5) is 16.2 Å². The van der Waals surface area contributed by atoms with Gasteiger partial charge in [0.1, 0.15) is 6.54 Å². The molecular weight excluding hydrogens is 434 g/mol. The highest BCUT2D eigenvalue weighted by molar-refractivity contribution is 6.08. The highest BCUT2D eigenvalue weighted by Gasteiger charge is 2.17. The van der Waals surface area contributed by atoms with Gasteiger partial charge in [-0.1, -0.05) is 48.0 Å². The smallest absolute Gasteiger partial charge is 0.323 e. The van der Waals surface area contributed by atoms with E-state index in [1.807, 2.05) is 45.0 Å². The molecule has 0 atom stereocenters. The minimum absolute atomic E-state index is 0.0756. The lowest BCUT2D eigenvalue weighted by Gasteiger charge is -2.16. The summed E-state index contributed by atoms with van der Waals surface area (Å²) in [4.78, 5) is 36.3. The molecule has 0 radical (unpaired) electrons. The number of aliphatic hydroxyl groups is 1. The predicted octanol–water partition coefficient (Wildman–Crippen LogP) is 4.23. The number of aryl methyl sites for hydroxylation is 3. The summed E-state index contributed by atoms with van der Waals surface area (Å²) in [6.45, 7) is 5.16. The molecule has 0 bridgehead atoms. The first-order valence-electron chi connectivity index (χ1n) is 10.7. The number of carboxylic acid groups (broad SMARTS) is 1. The van der Waals surface area contributed by atoms with E-state index < -0.39 is 24.5 Å². The average Bonchev–Trinajstić information content (AvgIpc) is 2.80. The molecule has 176 valence electrons. The van der Waals surface area contributed by atoms with E-state index in [2.05, 4.69) is 16.0 Å². The molecule has 0 aliphatic rings. The van der Waals surface area contributed by atoms with Gasteiger partial charge in [-0.15, -0.1) is 0 Å². The average molecular weight is 462 g/mol. The number of rotatable bonds is 7. The van der Waals surface area contributed by atoms with Crippen LogP contribution in [0.3, 0.4) is 0 Å². The molecule has 3 aromatic rings. The van der Waals surface area contributed by atoms with Crippen LogP contribution in [-0.2, 0) is 11.4 Å². The van der Waals surface area contributed by atoms with Crippen LogP contribution in [0, 0.1) is 20.8 Å². The first-order chi connectivity index (χ1) is 16.2. The Morgan fingerprint density at radius 3 is 2.03 bits per heavy atom. The molecule has 8 nitrogen and oxygen atoms in total. The van der Waals surface area contributed by atoms with Crippen LogP contribution >= 0.6 is 0 Å². The van der Waals surface area contributed by atoms with E-state index in [1.165, 1.54) is 6.07 Å². The van der Waals surface area contributed by atoms with Crippen LogP contribution in [0.15, 0.2) is 54.6 Å². The monoisotopic (exact) mass is 461 g/mol. The summed E-state index contributed by atoms with van der Waals surface area (Å²) < 4.78 is 0. The van der Waals surface area contributed by atoms with Crippen molar-refractivity contribution in [2.24, 2.45) is 0 Å². The Hall–Kier alpha value is -4.17. The van der Waals surface area contributed by atoms with Gasteiger partial charge in [-0.05, 0) is 60.7 Å². The molecule has 0 aromatic heterocycles. The van der Waals surface area contributed by atoms with Gasteiger partial charge in [-0.3, -0.25) is 9.59 Å². The van der Waals surface area contributed by atoms with Gasteiger partial charge in [0.15, 0.2) is 0 Å². The third kappa shape index (κ3) is 5.99. The molecular formula is C26H27N3O5. The maximum Gasteiger partial charge on any atom is 0.323 e. The van der Waals surface area contributed by atoms with Crippen molar-refractivity contribution in [2.75, 3.05) is 17.2 Å². The van der Waals surface area contributed by atoms with E-state index >= 15 is 0 Å². The Balaban J connectivity index is 1.93. The lowest BCUT2D eigenvalue weighted by molar-refractivity contribution is -0.135. The number of nitrogens with one attached hydrogen (secondary N) is 3. The van der Waals surface area contributed by atoms with E-state index in [9.17, 15) is 19.5 Å². The summed E-state index contributed by atoms with van der Waals surface area (Å²) in [7, 11) is 0. The van der Waals surface area contributed by atoms with Crippen molar-refractivity contribution in [3.63, 3.8) is 0 Å². The number of carbonyl (C=O) groups excluding carboxylic acids is 2. The number of carboxylic acids is 1. The van der Waals surface area contributed by atoms with Gasteiger partial charge in [-0.25, -0.2) is 4.79 Å². The minimum atomic E-state index is -1.17. The first-order valence-corrected chi connectivity index (χ1v) is 10.7. The van der Waals surface area contributed by atoms with Gasteiger partial charge in [0.25, 0.3) is 5.91 Å². The Labute approximate surface area is 197 Å². The Kier molecular flexibility index (Phi) is 7.65. The number of urea groups is 1. The molecule has 3 aromatic carbocycles. The topological polar surface area (TPSA) is 128 Å². The second-order valence-electron chi connectivity index (χ2n) is 8.04. The molecule has 0 heterocycles. The summed E-state index contributed by atoms with van der Waals surface area (Å²) in [5.74, 6) is -1.80. The summed E-state index contributed by atoms with van der Waals surface area (Å²) in [6, 6.07) is 15.5. The van der Waals surface area contributed by atoms with E-state index in [1.54, 1.807) is 24.3 Å². The van der Waals surface area contributed by atoms with E-state index in [0.29, 0.717) is 5.69 Å². The lowest BCUT2D eigenvalue weighted by atomic mass is 10.0. The maximum atomic E-state index is 12.9. The standard InChI is InChI=1S/C26H27N3O5/c1-15-10-16(2)24(17(3)11-15)29-26(34)28-22-12-20(19-6-4-18(14-30)5-7-19)8-9-21(22)25(33)27-13-23(31)32/h4-12,30H,13-14H2,1-3H3,(H,27,33)(H,31,32)(H2,28,29,34). The van der Waals surface area contributed by atoms with Gasteiger partial charge in [-0.2, -0.15) is 0 Å². The number of aliphatic hydroxyl groups excluding tert-OH is 1. The highest BCUT2D eigenvalue weighted by Crippen LogP contribution is 2.27. The molecule has 0 aliphatic heterocycles. The fourth-order valence-electron chi connectivity index (χ4n) is 3.72. The Morgan fingerprint density at radius 2 is 1.44 bits per heavy atom. The minimum Gasteiger partial charge on any atom is -0.480 e. The Bertz CT molecular complexity index is 1210. The van der Waals surface area contributed by atoms with Crippen LogP contribution < -0.4 is 16.0 Å². The molecule has 3 amide bonds. The normalized spacial score (nSPS) is 10.5. The van der Waals surface area contributed by atoms with Crippen molar-refractivity contribution in [3.8, 4) is 11.1 Å². The van der Waals surface area contributed by atoms with Crippen molar-refractivity contribution in [1.29, 1.82) is 0 Å². The molecule has 0 saturated carbocycles. The van der Waals surface area contributed by atoms with Crippen molar-refractivity contribution < 1.29 is 24.6 Å². The van der Waals surface area contributed by atoms with Gasteiger partial charge >= 0.3 is 12.0 Å². The van der Waals surface area contributed by atoms with E-state index in [4.69, 9.17) is 5.11 Å². The van der Waals surface area contributed by atoms with Gasteiger partial charge < -0.3 is 26.2 Å². The third-order valence-electron chi connectivity index (χ3n) is 5.30. The van der Waals surface area contributed by atoms with Crippen LogP contribution in [0.2, 0.25) is 0 Å².